The Morgan fingerprint density at radius 1 is 1.03 bits per heavy atom. The maximum Gasteiger partial charge on any atom is 0.341 e. The number of esters is 1. The van der Waals surface area contributed by atoms with Crippen molar-refractivity contribution in [3.8, 4) is 0 Å². The molecule has 0 saturated heterocycles. The maximum absolute atomic E-state index is 13.7. The Bertz CT molecular complexity index is 1020. The Morgan fingerprint density at radius 2 is 1.69 bits per heavy atom. The first-order valence-electron chi connectivity index (χ1n) is 12.1. The third-order valence-corrected chi connectivity index (χ3v) is 9.84. The summed E-state index contributed by atoms with van der Waals surface area (Å²) in [5, 5.41) is 3.99. The Kier molecular flexibility index (Phi) is 4.94. The predicted octanol–water partition coefficient (Wildman–Crippen LogP) is 5.96. The van der Waals surface area contributed by atoms with Gasteiger partial charge in [0, 0.05) is 4.88 Å². The molecule has 1 atom stereocenters. The number of nitrogens with one attached hydrogen (secondary N) is 1. The molecule has 5 aliphatic carbocycles. The zero-order valence-corrected chi connectivity index (χ0v) is 19.5. The standard InChI is InChI=1S/C27H31NO3S/c1-31-25(29)23-21-8-7-20(19-5-3-2-4-6-19)12-22(21)32-24(23)28-26(30)27-13-16-9-17(14-27)11-18(10-16)15-27/h2-6,16-18,20H,7-15H2,1H3,(H,28,30)/t16?,17?,18?,20-,27?/m0/s1. The van der Waals surface area contributed by atoms with E-state index in [9.17, 15) is 9.59 Å². The average molecular weight is 450 g/mol. The maximum atomic E-state index is 13.7. The SMILES string of the molecule is COC(=O)c1c(NC(=O)C23CC4CC(CC(C4)C2)C3)sc2c1CC[C@H](c1ccccc1)C2. The first-order chi connectivity index (χ1) is 15.5. The van der Waals surface area contributed by atoms with Crippen LogP contribution >= 0.6 is 11.3 Å². The van der Waals surface area contributed by atoms with E-state index in [0.717, 1.165) is 66.8 Å². The molecular weight excluding hydrogens is 418 g/mol. The molecule has 4 fully saturated rings. The highest BCUT2D eigenvalue weighted by molar-refractivity contribution is 7.17. The van der Waals surface area contributed by atoms with E-state index in [-0.39, 0.29) is 17.3 Å². The number of methoxy groups -OCH3 is 1. The van der Waals surface area contributed by atoms with Gasteiger partial charge in [-0.05, 0) is 92.6 Å². The lowest BCUT2D eigenvalue weighted by molar-refractivity contribution is -0.140. The first-order valence-corrected chi connectivity index (χ1v) is 13.0. The number of hydrogen-bond donors (Lipinski definition) is 1. The molecule has 0 aliphatic heterocycles. The monoisotopic (exact) mass is 449 g/mol. The van der Waals surface area contributed by atoms with E-state index in [4.69, 9.17) is 4.74 Å². The fraction of sp³-hybridized carbons (Fsp3) is 0.556. The fourth-order valence-corrected chi connectivity index (χ4v) is 8.94. The molecule has 32 heavy (non-hydrogen) atoms. The highest BCUT2D eigenvalue weighted by atomic mass is 32.1. The minimum Gasteiger partial charge on any atom is -0.465 e. The topological polar surface area (TPSA) is 55.4 Å². The van der Waals surface area contributed by atoms with Gasteiger partial charge < -0.3 is 10.1 Å². The zero-order valence-electron chi connectivity index (χ0n) is 18.7. The van der Waals surface area contributed by atoms with E-state index in [2.05, 4.69) is 35.6 Å². The van der Waals surface area contributed by atoms with E-state index >= 15 is 0 Å². The summed E-state index contributed by atoms with van der Waals surface area (Å²) in [6.45, 7) is 0. The number of carbonyl (C=O) groups excluding carboxylic acids is 2. The van der Waals surface area contributed by atoms with Crippen LogP contribution in [0.15, 0.2) is 30.3 Å². The van der Waals surface area contributed by atoms with Gasteiger partial charge in [-0.25, -0.2) is 4.79 Å². The van der Waals surface area contributed by atoms with Gasteiger partial charge in [-0.15, -0.1) is 11.3 Å². The Hall–Kier alpha value is -2.14. The molecule has 0 radical (unpaired) electrons. The lowest BCUT2D eigenvalue weighted by Crippen LogP contribution is -2.51. The number of carbonyl (C=O) groups is 2. The van der Waals surface area contributed by atoms with Gasteiger partial charge in [0.25, 0.3) is 0 Å². The summed E-state index contributed by atoms with van der Waals surface area (Å²) >= 11 is 1.60. The molecule has 1 amide bonds. The molecule has 4 saturated carbocycles. The molecular formula is C27H31NO3S. The Labute approximate surface area is 193 Å². The minimum atomic E-state index is -0.318. The van der Waals surface area contributed by atoms with E-state index in [1.807, 2.05) is 0 Å². The highest BCUT2D eigenvalue weighted by Gasteiger charge is 2.54. The van der Waals surface area contributed by atoms with Crippen LogP contribution in [0.25, 0.3) is 0 Å². The predicted molar refractivity (Wildman–Crippen MR) is 126 cm³/mol. The van der Waals surface area contributed by atoms with Crippen molar-refractivity contribution in [2.75, 3.05) is 12.4 Å². The quantitative estimate of drug-likeness (QED) is 0.586. The van der Waals surface area contributed by atoms with Crippen molar-refractivity contribution < 1.29 is 14.3 Å². The number of fused-ring (bicyclic) bond motifs is 1. The van der Waals surface area contributed by atoms with Crippen LogP contribution in [-0.4, -0.2) is 19.0 Å². The van der Waals surface area contributed by atoms with Crippen molar-refractivity contribution in [1.29, 1.82) is 0 Å². The van der Waals surface area contributed by atoms with Crippen molar-refractivity contribution in [3.05, 3.63) is 51.9 Å². The van der Waals surface area contributed by atoms with Gasteiger partial charge in [-0.2, -0.15) is 0 Å². The summed E-state index contributed by atoms with van der Waals surface area (Å²) in [4.78, 5) is 27.7. The van der Waals surface area contributed by atoms with Crippen molar-refractivity contribution in [2.45, 2.75) is 63.7 Å². The number of amides is 1. The molecule has 1 heterocycles. The van der Waals surface area contributed by atoms with E-state index in [1.54, 1.807) is 11.3 Å². The highest BCUT2D eigenvalue weighted by Crippen LogP contribution is 2.60. The molecule has 1 N–H and O–H groups in total. The molecule has 4 bridgehead atoms. The van der Waals surface area contributed by atoms with Crippen molar-refractivity contribution >= 4 is 28.2 Å². The van der Waals surface area contributed by atoms with Crippen LogP contribution in [0.3, 0.4) is 0 Å². The van der Waals surface area contributed by atoms with Gasteiger partial charge in [0.05, 0.1) is 18.1 Å². The number of rotatable bonds is 4. The van der Waals surface area contributed by atoms with Crippen LogP contribution in [0.1, 0.15) is 77.2 Å². The molecule has 168 valence electrons. The lowest BCUT2D eigenvalue weighted by atomic mass is 9.49. The third kappa shape index (κ3) is 3.32. The van der Waals surface area contributed by atoms with Gasteiger partial charge in [0.1, 0.15) is 5.00 Å². The largest absolute Gasteiger partial charge is 0.465 e. The van der Waals surface area contributed by atoms with Crippen molar-refractivity contribution in [2.24, 2.45) is 23.2 Å². The average Bonchev–Trinajstić information content (AvgIpc) is 3.15. The number of thiophene rings is 1. The molecule has 7 rings (SSSR count). The Balaban J connectivity index is 1.29. The second-order valence-corrected chi connectivity index (χ2v) is 11.8. The molecule has 5 aliphatic rings. The van der Waals surface area contributed by atoms with Crippen LogP contribution in [0.4, 0.5) is 5.00 Å². The molecule has 5 heteroatoms. The van der Waals surface area contributed by atoms with Crippen molar-refractivity contribution in [1.82, 2.24) is 0 Å². The summed E-state index contributed by atoms with van der Waals surface area (Å²) < 4.78 is 5.16. The summed E-state index contributed by atoms with van der Waals surface area (Å²) in [7, 11) is 1.44. The number of ether oxygens (including phenoxy) is 1. The molecule has 0 unspecified atom stereocenters. The fourth-order valence-electron chi connectivity index (χ4n) is 7.63. The smallest absolute Gasteiger partial charge is 0.341 e. The second-order valence-electron chi connectivity index (χ2n) is 10.7. The van der Waals surface area contributed by atoms with Gasteiger partial charge in [0.15, 0.2) is 0 Å². The zero-order chi connectivity index (χ0) is 21.9. The van der Waals surface area contributed by atoms with Gasteiger partial charge in [-0.3, -0.25) is 4.79 Å². The molecule has 1 aromatic heterocycles. The number of anilines is 1. The van der Waals surface area contributed by atoms with Crippen LogP contribution in [0.5, 0.6) is 0 Å². The van der Waals surface area contributed by atoms with E-state index < -0.39 is 0 Å². The summed E-state index contributed by atoms with van der Waals surface area (Å²) in [5.41, 5.74) is 2.83. The normalized spacial score (nSPS) is 32.4. The van der Waals surface area contributed by atoms with E-state index in [1.165, 1.54) is 36.8 Å². The molecule has 2 aromatic rings. The third-order valence-electron chi connectivity index (χ3n) is 8.67. The van der Waals surface area contributed by atoms with Gasteiger partial charge in [0.2, 0.25) is 5.91 Å². The summed E-state index contributed by atoms with van der Waals surface area (Å²) in [6.07, 6.45) is 9.80. The van der Waals surface area contributed by atoms with Crippen LogP contribution in [0, 0.1) is 23.2 Å². The van der Waals surface area contributed by atoms with Crippen LogP contribution in [0.2, 0.25) is 0 Å². The second kappa shape index (κ2) is 7.72. The van der Waals surface area contributed by atoms with Crippen LogP contribution < -0.4 is 5.32 Å². The lowest BCUT2D eigenvalue weighted by Gasteiger charge is -2.55. The van der Waals surface area contributed by atoms with E-state index in [0.29, 0.717) is 11.5 Å². The van der Waals surface area contributed by atoms with Crippen LogP contribution in [-0.2, 0) is 22.4 Å². The molecule has 4 nitrogen and oxygen atoms in total. The van der Waals surface area contributed by atoms with Crippen molar-refractivity contribution in [3.63, 3.8) is 0 Å². The summed E-state index contributed by atoms with van der Waals surface area (Å²) in [5.74, 6) is 2.45. The Morgan fingerprint density at radius 3 is 2.31 bits per heavy atom. The number of benzene rings is 1. The minimum absolute atomic E-state index is 0.153. The molecule has 0 spiro atoms. The number of hydrogen-bond acceptors (Lipinski definition) is 4. The molecule has 1 aromatic carbocycles. The van der Waals surface area contributed by atoms with Gasteiger partial charge >= 0.3 is 5.97 Å². The van der Waals surface area contributed by atoms with Gasteiger partial charge in [-0.1, -0.05) is 30.3 Å². The first kappa shape index (κ1) is 20.5. The summed E-state index contributed by atoms with van der Waals surface area (Å²) in [6, 6.07) is 10.6.